The number of piperidine rings is 2. The normalized spacial score (nSPS) is 19.8. The lowest BCUT2D eigenvalue weighted by Gasteiger charge is -2.42. The fourth-order valence-electron chi connectivity index (χ4n) is 5.34. The van der Waals surface area contributed by atoms with E-state index in [1.165, 1.54) is 12.1 Å². The van der Waals surface area contributed by atoms with Crippen LogP contribution in [0.2, 0.25) is 0 Å². The van der Waals surface area contributed by atoms with Crippen LogP contribution in [0.5, 0.6) is 0 Å². The van der Waals surface area contributed by atoms with Crippen molar-refractivity contribution >= 4 is 11.9 Å². The van der Waals surface area contributed by atoms with Crippen molar-refractivity contribution < 1.29 is 37.3 Å². The first-order valence-electron chi connectivity index (χ1n) is 13.8. The summed E-state index contributed by atoms with van der Waals surface area (Å²) in [6, 6.07) is 12.7. The first kappa shape index (κ1) is 30.0. The molecule has 2 saturated heterocycles. The quantitative estimate of drug-likeness (QED) is 0.335. The molecule has 2 unspecified atom stereocenters. The van der Waals surface area contributed by atoms with E-state index in [9.17, 15) is 18.4 Å². The van der Waals surface area contributed by atoms with Gasteiger partial charge in [0.1, 0.15) is 35.0 Å². The van der Waals surface area contributed by atoms with Crippen LogP contribution in [0.3, 0.4) is 0 Å². The van der Waals surface area contributed by atoms with Crippen LogP contribution in [0.4, 0.5) is 8.78 Å². The van der Waals surface area contributed by atoms with E-state index < -0.39 is 35.3 Å². The molecule has 4 rings (SSSR count). The molecule has 0 radical (unpaired) electrons. The first-order valence-corrected chi connectivity index (χ1v) is 13.8. The van der Waals surface area contributed by atoms with E-state index in [0.29, 0.717) is 63.0 Å². The average Bonchev–Trinajstić information content (AvgIpc) is 2.97. The van der Waals surface area contributed by atoms with Crippen LogP contribution in [0.15, 0.2) is 48.5 Å². The molecular formula is C30H38F2N2O6. The van der Waals surface area contributed by atoms with Crippen molar-refractivity contribution in [1.82, 2.24) is 10.6 Å². The third kappa shape index (κ3) is 7.23. The number of hydrogen-bond donors (Lipinski definition) is 2. The average molecular weight is 561 g/mol. The molecule has 8 nitrogen and oxygen atoms in total. The minimum absolute atomic E-state index is 0.00590. The maximum atomic E-state index is 14.2. The largest absolute Gasteiger partial charge is 0.451 e. The number of carbonyl (C=O) groups excluding carboxylic acids is 2. The minimum Gasteiger partial charge on any atom is -0.451 e. The van der Waals surface area contributed by atoms with Gasteiger partial charge in [-0.2, -0.15) is 0 Å². The van der Waals surface area contributed by atoms with Gasteiger partial charge in [-0.05, 0) is 77.8 Å². The lowest BCUT2D eigenvalue weighted by atomic mass is 9.86. The smallest absolute Gasteiger partial charge is 0.417 e. The van der Waals surface area contributed by atoms with Crippen molar-refractivity contribution in [2.24, 2.45) is 0 Å². The molecule has 10 heteroatoms. The summed E-state index contributed by atoms with van der Waals surface area (Å²) in [5.41, 5.74) is -0.993. The molecule has 40 heavy (non-hydrogen) atoms. The predicted octanol–water partition coefficient (Wildman–Crippen LogP) is 3.81. The lowest BCUT2D eigenvalue weighted by molar-refractivity contribution is -0.200. The van der Waals surface area contributed by atoms with Gasteiger partial charge in [-0.1, -0.05) is 36.4 Å². The van der Waals surface area contributed by atoms with Gasteiger partial charge in [0, 0.05) is 11.1 Å². The number of rotatable bonds is 10. The van der Waals surface area contributed by atoms with E-state index in [2.05, 4.69) is 10.6 Å². The van der Waals surface area contributed by atoms with Crippen LogP contribution in [0, 0.1) is 11.6 Å². The molecule has 0 spiro atoms. The maximum absolute atomic E-state index is 14.2. The molecule has 0 saturated carbocycles. The molecule has 2 aromatic rings. The van der Waals surface area contributed by atoms with Gasteiger partial charge in [0.2, 0.25) is 0 Å². The molecule has 0 aliphatic carbocycles. The Labute approximate surface area is 233 Å². The monoisotopic (exact) mass is 560 g/mol. The molecule has 2 aliphatic heterocycles. The van der Waals surface area contributed by atoms with Crippen molar-refractivity contribution in [3.8, 4) is 0 Å². The Morgan fingerprint density at radius 1 is 0.700 bits per heavy atom. The van der Waals surface area contributed by atoms with E-state index in [1.807, 2.05) is 0 Å². The number of esters is 2. The number of nitrogens with one attached hydrogen (secondary N) is 2. The summed E-state index contributed by atoms with van der Waals surface area (Å²) in [5, 5.41) is 6.49. The number of benzene rings is 2. The first-order chi connectivity index (χ1) is 19.2. The summed E-state index contributed by atoms with van der Waals surface area (Å²) in [7, 11) is 0. The summed E-state index contributed by atoms with van der Waals surface area (Å²) >= 11 is 0. The van der Waals surface area contributed by atoms with Gasteiger partial charge in [0.25, 0.3) is 0 Å². The number of hydrogen-bond acceptors (Lipinski definition) is 8. The second-order valence-corrected chi connectivity index (χ2v) is 10.5. The minimum atomic E-state index is -1.13. The third-order valence-electron chi connectivity index (χ3n) is 8.06. The fourth-order valence-corrected chi connectivity index (χ4v) is 5.34. The number of ether oxygens (including phenoxy) is 4. The Morgan fingerprint density at radius 2 is 1.05 bits per heavy atom. The standard InChI is InChI=1S/C30H38F2N2O6/c1-21(29(11-15-33-16-12-29)37-19-23-7-3-5-9-25(23)31)39-27(35)28(36)40-22(2)30(13-17-34-18-14-30)38-20-24-8-4-6-10-26(24)32/h3-10,21-22,33-34H,11-20H2,1-2H3. The van der Waals surface area contributed by atoms with Crippen LogP contribution in [-0.4, -0.2) is 61.5 Å². The summed E-state index contributed by atoms with van der Waals surface area (Å²) in [6.07, 6.45) is 0.481. The fraction of sp³-hybridized carbons (Fsp3) is 0.533. The van der Waals surface area contributed by atoms with Gasteiger partial charge in [0.15, 0.2) is 0 Å². The third-order valence-corrected chi connectivity index (χ3v) is 8.06. The summed E-state index contributed by atoms with van der Waals surface area (Å²) in [6.45, 7) is 5.85. The SMILES string of the molecule is CC(OC(=O)C(=O)OC(C)C1(OCc2ccccc2F)CCNCC1)C1(OCc2ccccc2F)CCNCC1. The van der Waals surface area contributed by atoms with E-state index >= 15 is 0 Å². The zero-order chi connectivity index (χ0) is 28.6. The van der Waals surface area contributed by atoms with Gasteiger partial charge in [-0.3, -0.25) is 0 Å². The Bertz CT molecular complexity index is 1060. The van der Waals surface area contributed by atoms with Crippen LogP contribution in [0.25, 0.3) is 0 Å². The van der Waals surface area contributed by atoms with Gasteiger partial charge in [-0.15, -0.1) is 0 Å². The molecule has 2 fully saturated rings. The molecule has 2 heterocycles. The molecule has 2 aromatic carbocycles. The molecular weight excluding hydrogens is 522 g/mol. The number of carbonyl (C=O) groups is 2. The Morgan fingerprint density at radius 3 is 1.40 bits per heavy atom. The van der Waals surface area contributed by atoms with Crippen molar-refractivity contribution in [1.29, 1.82) is 0 Å². The molecule has 0 amide bonds. The van der Waals surface area contributed by atoms with E-state index in [-0.39, 0.29) is 24.8 Å². The zero-order valence-electron chi connectivity index (χ0n) is 23.0. The second kappa shape index (κ2) is 13.6. The van der Waals surface area contributed by atoms with E-state index in [4.69, 9.17) is 18.9 Å². The molecule has 218 valence electrons. The molecule has 0 aromatic heterocycles. The number of halogens is 2. The molecule has 2 N–H and O–H groups in total. The Hall–Kier alpha value is -2.92. The zero-order valence-corrected chi connectivity index (χ0v) is 23.0. The maximum Gasteiger partial charge on any atom is 0.417 e. The summed E-state index contributed by atoms with van der Waals surface area (Å²) in [5.74, 6) is -3.02. The van der Waals surface area contributed by atoms with Crippen molar-refractivity contribution in [3.63, 3.8) is 0 Å². The van der Waals surface area contributed by atoms with Crippen molar-refractivity contribution in [3.05, 3.63) is 71.3 Å². The second-order valence-electron chi connectivity index (χ2n) is 10.5. The van der Waals surface area contributed by atoms with Crippen LogP contribution in [-0.2, 0) is 41.8 Å². The highest BCUT2D eigenvalue weighted by Crippen LogP contribution is 2.33. The topological polar surface area (TPSA) is 95.1 Å². The highest BCUT2D eigenvalue weighted by Gasteiger charge is 2.44. The summed E-state index contributed by atoms with van der Waals surface area (Å²) < 4.78 is 51.9. The van der Waals surface area contributed by atoms with Crippen molar-refractivity contribution in [2.75, 3.05) is 26.2 Å². The predicted molar refractivity (Wildman–Crippen MR) is 143 cm³/mol. The Balaban J connectivity index is 1.39. The van der Waals surface area contributed by atoms with Gasteiger partial charge in [0.05, 0.1) is 13.2 Å². The van der Waals surface area contributed by atoms with Gasteiger partial charge < -0.3 is 29.6 Å². The van der Waals surface area contributed by atoms with Crippen LogP contribution >= 0.6 is 0 Å². The highest BCUT2D eigenvalue weighted by atomic mass is 19.1. The van der Waals surface area contributed by atoms with Gasteiger partial charge >= 0.3 is 11.9 Å². The summed E-state index contributed by atoms with van der Waals surface area (Å²) in [4.78, 5) is 25.8. The van der Waals surface area contributed by atoms with E-state index in [0.717, 1.165) is 0 Å². The molecule has 2 aliphatic rings. The van der Waals surface area contributed by atoms with E-state index in [1.54, 1.807) is 50.2 Å². The van der Waals surface area contributed by atoms with Crippen LogP contribution in [0.1, 0.15) is 50.7 Å². The van der Waals surface area contributed by atoms with Gasteiger partial charge in [-0.25, -0.2) is 18.4 Å². The Kier molecular flexibility index (Phi) is 10.2. The van der Waals surface area contributed by atoms with Crippen LogP contribution < -0.4 is 10.6 Å². The molecule has 0 bridgehead atoms. The van der Waals surface area contributed by atoms with Crippen molar-refractivity contribution in [2.45, 2.75) is 76.2 Å². The lowest BCUT2D eigenvalue weighted by Crippen LogP contribution is -2.54. The highest BCUT2D eigenvalue weighted by molar-refractivity contribution is 6.29. The molecule has 2 atom stereocenters.